The number of hydrogen-bond acceptors (Lipinski definition) is 3. The summed E-state index contributed by atoms with van der Waals surface area (Å²) in [5, 5.41) is 10.4. The first kappa shape index (κ1) is 15.9. The Morgan fingerprint density at radius 3 is 2.33 bits per heavy atom. The van der Waals surface area contributed by atoms with Crippen LogP contribution in [-0.2, 0) is 4.74 Å². The van der Waals surface area contributed by atoms with Crippen LogP contribution in [0.3, 0.4) is 0 Å². The molecular formula is C15H31NO2. The summed E-state index contributed by atoms with van der Waals surface area (Å²) in [5.41, 5.74) is 0. The molecule has 1 heterocycles. The Labute approximate surface area is 113 Å². The van der Waals surface area contributed by atoms with Gasteiger partial charge in [-0.05, 0) is 25.2 Å². The van der Waals surface area contributed by atoms with E-state index in [4.69, 9.17) is 4.74 Å². The third-order valence-electron chi connectivity index (χ3n) is 3.99. The van der Waals surface area contributed by atoms with Crippen molar-refractivity contribution >= 4 is 0 Å². The van der Waals surface area contributed by atoms with Crippen LogP contribution < -0.4 is 0 Å². The molecule has 0 aromatic carbocycles. The molecule has 18 heavy (non-hydrogen) atoms. The van der Waals surface area contributed by atoms with Crippen LogP contribution in [-0.4, -0.2) is 48.5 Å². The lowest BCUT2D eigenvalue weighted by Gasteiger charge is -2.34. The van der Waals surface area contributed by atoms with Gasteiger partial charge in [0.15, 0.2) is 0 Å². The maximum absolute atomic E-state index is 10.4. The predicted octanol–water partition coefficient (Wildman–Crippen LogP) is 2.53. The van der Waals surface area contributed by atoms with E-state index in [1.54, 1.807) is 0 Å². The predicted molar refractivity (Wildman–Crippen MR) is 75.7 cm³/mol. The molecule has 0 aromatic heterocycles. The van der Waals surface area contributed by atoms with Crippen molar-refractivity contribution in [1.29, 1.82) is 0 Å². The van der Waals surface area contributed by atoms with Crippen molar-refractivity contribution in [3.8, 4) is 0 Å². The molecule has 0 amide bonds. The molecule has 2 atom stereocenters. The molecular weight excluding hydrogens is 226 g/mol. The van der Waals surface area contributed by atoms with Crippen LogP contribution in [0.25, 0.3) is 0 Å². The van der Waals surface area contributed by atoms with Gasteiger partial charge < -0.3 is 9.84 Å². The van der Waals surface area contributed by atoms with E-state index in [2.05, 4.69) is 32.6 Å². The zero-order valence-corrected chi connectivity index (χ0v) is 12.6. The van der Waals surface area contributed by atoms with Gasteiger partial charge >= 0.3 is 0 Å². The average Bonchev–Trinajstić information content (AvgIpc) is 2.83. The van der Waals surface area contributed by atoms with Crippen molar-refractivity contribution in [2.75, 3.05) is 26.3 Å². The zero-order chi connectivity index (χ0) is 13.5. The van der Waals surface area contributed by atoms with E-state index in [-0.39, 0.29) is 6.10 Å². The van der Waals surface area contributed by atoms with Crippen molar-refractivity contribution < 1.29 is 9.84 Å². The van der Waals surface area contributed by atoms with Gasteiger partial charge in [0.2, 0.25) is 0 Å². The smallest absolute Gasteiger partial charge is 0.0718 e. The average molecular weight is 257 g/mol. The fraction of sp³-hybridized carbons (Fsp3) is 1.00. The summed E-state index contributed by atoms with van der Waals surface area (Å²) >= 11 is 0. The number of rotatable bonds is 8. The molecule has 2 unspecified atom stereocenters. The summed E-state index contributed by atoms with van der Waals surface area (Å²) in [6.45, 7) is 12.4. The normalized spacial score (nSPS) is 22.3. The molecule has 0 bridgehead atoms. The highest BCUT2D eigenvalue weighted by molar-refractivity contribution is 4.79. The molecule has 1 N–H and O–H groups in total. The van der Waals surface area contributed by atoms with E-state index in [1.807, 2.05) is 0 Å². The van der Waals surface area contributed by atoms with E-state index >= 15 is 0 Å². The van der Waals surface area contributed by atoms with Gasteiger partial charge in [-0.3, -0.25) is 4.90 Å². The standard InChI is InChI=1S/C15H31NO2/c1-5-14(6-2)16(9-12(3)4)10-15(17)13-7-8-18-11-13/h12-15,17H,5-11H2,1-4H3. The third-order valence-corrected chi connectivity index (χ3v) is 3.99. The molecule has 1 rings (SSSR count). The van der Waals surface area contributed by atoms with Crippen LogP contribution in [0.4, 0.5) is 0 Å². The Hall–Kier alpha value is -0.120. The minimum atomic E-state index is -0.230. The monoisotopic (exact) mass is 257 g/mol. The van der Waals surface area contributed by atoms with Gasteiger partial charge in [0.05, 0.1) is 12.7 Å². The number of ether oxygens (including phenoxy) is 1. The molecule has 0 aliphatic carbocycles. The molecule has 1 saturated heterocycles. The van der Waals surface area contributed by atoms with Crippen LogP contribution in [0.5, 0.6) is 0 Å². The summed E-state index contributed by atoms with van der Waals surface area (Å²) < 4.78 is 5.38. The van der Waals surface area contributed by atoms with Crippen LogP contribution in [0.2, 0.25) is 0 Å². The quantitative estimate of drug-likeness (QED) is 0.725. The molecule has 108 valence electrons. The van der Waals surface area contributed by atoms with Gasteiger partial charge in [0.1, 0.15) is 0 Å². The topological polar surface area (TPSA) is 32.7 Å². The fourth-order valence-electron chi connectivity index (χ4n) is 2.89. The first-order valence-corrected chi connectivity index (χ1v) is 7.58. The lowest BCUT2D eigenvalue weighted by atomic mass is 9.99. The highest BCUT2D eigenvalue weighted by Crippen LogP contribution is 2.20. The molecule has 3 nitrogen and oxygen atoms in total. The summed E-state index contributed by atoms with van der Waals surface area (Å²) in [5.74, 6) is 0.992. The summed E-state index contributed by atoms with van der Waals surface area (Å²) in [6, 6.07) is 0.601. The van der Waals surface area contributed by atoms with Crippen LogP contribution >= 0.6 is 0 Å². The lowest BCUT2D eigenvalue weighted by molar-refractivity contribution is 0.0345. The Morgan fingerprint density at radius 1 is 1.22 bits per heavy atom. The van der Waals surface area contributed by atoms with Gasteiger partial charge in [-0.1, -0.05) is 27.7 Å². The van der Waals surface area contributed by atoms with Gasteiger partial charge in [0.25, 0.3) is 0 Å². The third kappa shape index (κ3) is 4.87. The van der Waals surface area contributed by atoms with Gasteiger partial charge in [-0.25, -0.2) is 0 Å². The fourth-order valence-corrected chi connectivity index (χ4v) is 2.89. The minimum absolute atomic E-state index is 0.230. The second kappa shape index (κ2) is 8.13. The van der Waals surface area contributed by atoms with Crippen LogP contribution in [0.15, 0.2) is 0 Å². The highest BCUT2D eigenvalue weighted by Gasteiger charge is 2.27. The van der Waals surface area contributed by atoms with Crippen LogP contribution in [0.1, 0.15) is 47.0 Å². The maximum Gasteiger partial charge on any atom is 0.0718 e. The van der Waals surface area contributed by atoms with Crippen molar-refractivity contribution in [3.05, 3.63) is 0 Å². The number of aliphatic hydroxyl groups excluding tert-OH is 1. The second-order valence-electron chi connectivity index (χ2n) is 6.01. The summed E-state index contributed by atoms with van der Waals surface area (Å²) in [6.07, 6.45) is 3.11. The van der Waals surface area contributed by atoms with E-state index in [1.165, 1.54) is 0 Å². The van der Waals surface area contributed by atoms with E-state index < -0.39 is 0 Å². The summed E-state index contributed by atoms with van der Waals surface area (Å²) in [7, 11) is 0. The Morgan fingerprint density at radius 2 is 1.89 bits per heavy atom. The SMILES string of the molecule is CCC(CC)N(CC(C)C)CC(O)C1CCOC1. The van der Waals surface area contributed by atoms with Crippen molar-refractivity contribution in [2.45, 2.75) is 59.1 Å². The van der Waals surface area contributed by atoms with Crippen molar-refractivity contribution in [3.63, 3.8) is 0 Å². The first-order valence-electron chi connectivity index (χ1n) is 7.58. The molecule has 0 spiro atoms. The highest BCUT2D eigenvalue weighted by atomic mass is 16.5. The van der Waals surface area contributed by atoms with E-state index in [0.29, 0.717) is 17.9 Å². The minimum Gasteiger partial charge on any atom is -0.391 e. The van der Waals surface area contributed by atoms with Crippen LogP contribution in [0, 0.1) is 11.8 Å². The van der Waals surface area contributed by atoms with Gasteiger partial charge in [0, 0.05) is 31.7 Å². The molecule has 1 aliphatic rings. The number of nitrogens with zero attached hydrogens (tertiary/aromatic N) is 1. The second-order valence-corrected chi connectivity index (χ2v) is 6.01. The maximum atomic E-state index is 10.4. The van der Waals surface area contributed by atoms with E-state index in [0.717, 1.165) is 45.6 Å². The summed E-state index contributed by atoms with van der Waals surface area (Å²) in [4.78, 5) is 2.48. The molecule has 0 saturated carbocycles. The van der Waals surface area contributed by atoms with Crippen molar-refractivity contribution in [2.24, 2.45) is 11.8 Å². The molecule has 3 heteroatoms. The van der Waals surface area contributed by atoms with Gasteiger partial charge in [-0.15, -0.1) is 0 Å². The van der Waals surface area contributed by atoms with Crippen molar-refractivity contribution in [1.82, 2.24) is 4.90 Å². The van der Waals surface area contributed by atoms with Gasteiger partial charge in [-0.2, -0.15) is 0 Å². The number of hydrogen-bond donors (Lipinski definition) is 1. The first-order chi connectivity index (χ1) is 8.58. The Bertz CT molecular complexity index is 211. The largest absolute Gasteiger partial charge is 0.391 e. The molecule has 0 aromatic rings. The van der Waals surface area contributed by atoms with E-state index in [9.17, 15) is 5.11 Å². The number of aliphatic hydroxyl groups is 1. The Kier molecular flexibility index (Phi) is 7.20. The molecule has 1 aliphatic heterocycles. The zero-order valence-electron chi connectivity index (χ0n) is 12.6. The Balaban J connectivity index is 2.52. The molecule has 1 fully saturated rings. The molecule has 0 radical (unpaired) electrons. The lowest BCUT2D eigenvalue weighted by Crippen LogP contribution is -2.44.